The molecular formula is C26H31N7O3. The number of aliphatic imine (C=N–C) groups is 1. The SMILES string of the molecule is C=C(N)/N=C\C(=C/N)c1cc2cc[nH]c(=O)c2c(Nc2cc(OCCN3CCOCC3)ccc2C)n1. The molecule has 36 heavy (non-hydrogen) atoms. The number of rotatable bonds is 9. The van der Waals surface area contributed by atoms with Gasteiger partial charge in [-0.3, -0.25) is 9.69 Å². The summed E-state index contributed by atoms with van der Waals surface area (Å²) in [4.78, 5) is 26.5. The molecule has 0 aliphatic carbocycles. The molecule has 188 valence electrons. The highest BCUT2D eigenvalue weighted by molar-refractivity contribution is 6.10. The lowest BCUT2D eigenvalue weighted by Gasteiger charge is -2.26. The van der Waals surface area contributed by atoms with Crippen LogP contribution in [0.4, 0.5) is 11.5 Å². The Morgan fingerprint density at radius 2 is 2.14 bits per heavy atom. The molecule has 0 unspecified atom stereocenters. The maximum Gasteiger partial charge on any atom is 0.259 e. The van der Waals surface area contributed by atoms with Gasteiger partial charge in [-0.15, -0.1) is 0 Å². The van der Waals surface area contributed by atoms with Crippen molar-refractivity contribution < 1.29 is 9.47 Å². The highest BCUT2D eigenvalue weighted by atomic mass is 16.5. The third-order valence-electron chi connectivity index (χ3n) is 5.84. The van der Waals surface area contributed by atoms with Gasteiger partial charge >= 0.3 is 0 Å². The predicted molar refractivity (Wildman–Crippen MR) is 144 cm³/mol. The summed E-state index contributed by atoms with van der Waals surface area (Å²) in [5.74, 6) is 1.25. The minimum Gasteiger partial charge on any atom is -0.492 e. The summed E-state index contributed by atoms with van der Waals surface area (Å²) in [6, 6.07) is 9.38. The van der Waals surface area contributed by atoms with Crippen LogP contribution in [0.5, 0.6) is 5.75 Å². The molecule has 2 aromatic heterocycles. The topological polar surface area (TPSA) is 144 Å². The van der Waals surface area contributed by atoms with Gasteiger partial charge in [-0.2, -0.15) is 0 Å². The zero-order valence-corrected chi connectivity index (χ0v) is 20.3. The third-order valence-corrected chi connectivity index (χ3v) is 5.84. The number of aromatic amines is 1. The average Bonchev–Trinajstić information content (AvgIpc) is 2.87. The lowest BCUT2D eigenvalue weighted by molar-refractivity contribution is 0.0322. The van der Waals surface area contributed by atoms with E-state index < -0.39 is 0 Å². The number of nitrogens with one attached hydrogen (secondary N) is 2. The van der Waals surface area contributed by atoms with Gasteiger partial charge in [-0.05, 0) is 36.1 Å². The zero-order chi connectivity index (χ0) is 25.5. The molecule has 10 nitrogen and oxygen atoms in total. The van der Waals surface area contributed by atoms with Crippen LogP contribution in [0.3, 0.4) is 0 Å². The minimum atomic E-state index is -0.258. The largest absolute Gasteiger partial charge is 0.492 e. The van der Waals surface area contributed by atoms with Crippen LogP contribution in [-0.4, -0.2) is 60.5 Å². The van der Waals surface area contributed by atoms with Crippen LogP contribution in [0.1, 0.15) is 11.3 Å². The maximum absolute atomic E-state index is 12.7. The van der Waals surface area contributed by atoms with Gasteiger partial charge in [0.25, 0.3) is 5.56 Å². The molecule has 10 heteroatoms. The predicted octanol–water partition coefficient (Wildman–Crippen LogP) is 2.49. The molecule has 1 aliphatic heterocycles. The van der Waals surface area contributed by atoms with Crippen LogP contribution in [0.25, 0.3) is 16.3 Å². The molecule has 3 heterocycles. The van der Waals surface area contributed by atoms with Crippen molar-refractivity contribution in [1.29, 1.82) is 0 Å². The summed E-state index contributed by atoms with van der Waals surface area (Å²) in [6.45, 7) is 10.3. The van der Waals surface area contributed by atoms with Crippen LogP contribution in [0.2, 0.25) is 0 Å². The van der Waals surface area contributed by atoms with Gasteiger partial charge in [0.15, 0.2) is 0 Å². The second-order valence-electron chi connectivity index (χ2n) is 8.40. The summed E-state index contributed by atoms with van der Waals surface area (Å²) in [7, 11) is 0. The summed E-state index contributed by atoms with van der Waals surface area (Å²) in [5.41, 5.74) is 13.9. The number of morpholine rings is 1. The van der Waals surface area contributed by atoms with Crippen LogP contribution < -0.4 is 27.1 Å². The van der Waals surface area contributed by atoms with E-state index in [9.17, 15) is 4.79 Å². The number of benzene rings is 1. The van der Waals surface area contributed by atoms with Crippen molar-refractivity contribution in [2.45, 2.75) is 6.92 Å². The Kier molecular flexibility index (Phi) is 7.99. The number of fused-ring (bicyclic) bond motifs is 1. The average molecular weight is 490 g/mol. The Morgan fingerprint density at radius 3 is 2.89 bits per heavy atom. The van der Waals surface area contributed by atoms with E-state index in [0.29, 0.717) is 34.5 Å². The fourth-order valence-corrected chi connectivity index (χ4v) is 3.87. The zero-order valence-electron chi connectivity index (χ0n) is 20.3. The Hall–Kier alpha value is -4.15. The lowest BCUT2D eigenvalue weighted by atomic mass is 10.1. The standard InChI is InChI=1S/C26H31N7O3/c1-17-3-4-21(36-12-9-33-7-10-35-11-8-33)14-22(17)31-25-24-19(5-6-29-26(24)34)13-23(32-25)20(15-27)16-30-18(2)28/h3-6,13-16H,2,7-12,27-28H2,1H3,(H,29,34)(H,31,32)/b20-15+,30-16-. The van der Waals surface area contributed by atoms with Crippen molar-refractivity contribution in [3.05, 3.63) is 76.7 Å². The van der Waals surface area contributed by atoms with Gasteiger partial charge in [0, 0.05) is 55.6 Å². The molecule has 1 saturated heterocycles. The van der Waals surface area contributed by atoms with Gasteiger partial charge < -0.3 is 31.2 Å². The van der Waals surface area contributed by atoms with E-state index >= 15 is 0 Å². The fraction of sp³-hybridized carbons (Fsp3) is 0.269. The van der Waals surface area contributed by atoms with Crippen molar-refractivity contribution in [1.82, 2.24) is 14.9 Å². The quantitative estimate of drug-likeness (QED) is 0.336. The van der Waals surface area contributed by atoms with Crippen molar-refractivity contribution in [2.24, 2.45) is 16.5 Å². The summed E-state index contributed by atoms with van der Waals surface area (Å²) >= 11 is 0. The number of aromatic nitrogens is 2. The minimum absolute atomic E-state index is 0.144. The number of allylic oxidation sites excluding steroid dienone is 1. The van der Waals surface area contributed by atoms with E-state index in [1.807, 2.05) is 25.1 Å². The number of nitrogens with zero attached hydrogens (tertiary/aromatic N) is 3. The molecule has 1 fully saturated rings. The second kappa shape index (κ2) is 11.5. The number of H-pyrrole nitrogens is 1. The Bertz CT molecular complexity index is 1360. The van der Waals surface area contributed by atoms with E-state index in [4.69, 9.17) is 25.9 Å². The van der Waals surface area contributed by atoms with Crippen LogP contribution in [0.15, 0.2) is 64.9 Å². The maximum atomic E-state index is 12.7. The molecule has 0 radical (unpaired) electrons. The first-order chi connectivity index (χ1) is 17.4. The van der Waals surface area contributed by atoms with Crippen molar-refractivity contribution in [2.75, 3.05) is 44.8 Å². The first kappa shape index (κ1) is 25.0. The Balaban J connectivity index is 1.63. The van der Waals surface area contributed by atoms with E-state index in [2.05, 4.69) is 26.8 Å². The van der Waals surface area contributed by atoms with Crippen LogP contribution in [-0.2, 0) is 4.74 Å². The third kappa shape index (κ3) is 6.09. The summed E-state index contributed by atoms with van der Waals surface area (Å²) < 4.78 is 11.4. The van der Waals surface area contributed by atoms with Crippen molar-refractivity contribution >= 4 is 34.1 Å². The molecular weight excluding hydrogens is 458 g/mol. The molecule has 0 spiro atoms. The van der Waals surface area contributed by atoms with Gasteiger partial charge in [0.05, 0.1) is 24.3 Å². The number of hydrogen-bond donors (Lipinski definition) is 4. The van der Waals surface area contributed by atoms with E-state index in [1.54, 1.807) is 18.3 Å². The second-order valence-corrected chi connectivity index (χ2v) is 8.40. The highest BCUT2D eigenvalue weighted by Crippen LogP contribution is 2.29. The number of ether oxygens (including phenoxy) is 2. The normalized spacial score (nSPS) is 14.9. The number of aryl methyl sites for hydroxylation is 1. The Labute approximate surface area is 209 Å². The lowest BCUT2D eigenvalue weighted by Crippen LogP contribution is -2.38. The first-order valence-electron chi connectivity index (χ1n) is 11.7. The highest BCUT2D eigenvalue weighted by Gasteiger charge is 2.14. The summed E-state index contributed by atoms with van der Waals surface area (Å²) in [5, 5.41) is 4.45. The van der Waals surface area contributed by atoms with Gasteiger partial charge in [-0.1, -0.05) is 12.6 Å². The van der Waals surface area contributed by atoms with Crippen LogP contribution in [0, 0.1) is 6.92 Å². The summed E-state index contributed by atoms with van der Waals surface area (Å²) in [6.07, 6.45) is 4.46. The van der Waals surface area contributed by atoms with E-state index in [1.165, 1.54) is 12.4 Å². The van der Waals surface area contributed by atoms with Gasteiger partial charge in [-0.25, -0.2) is 9.98 Å². The number of anilines is 2. The molecule has 0 amide bonds. The number of hydrogen-bond acceptors (Lipinski definition) is 9. The fourth-order valence-electron chi connectivity index (χ4n) is 3.87. The van der Waals surface area contributed by atoms with E-state index in [0.717, 1.165) is 49.8 Å². The molecule has 4 rings (SSSR count). The molecule has 1 aromatic carbocycles. The van der Waals surface area contributed by atoms with Crippen molar-refractivity contribution in [3.63, 3.8) is 0 Å². The van der Waals surface area contributed by atoms with Gasteiger partial charge in [0.2, 0.25) is 0 Å². The van der Waals surface area contributed by atoms with Crippen LogP contribution >= 0.6 is 0 Å². The monoisotopic (exact) mass is 489 g/mol. The molecule has 1 aliphatic rings. The van der Waals surface area contributed by atoms with Gasteiger partial charge in [0.1, 0.15) is 24.0 Å². The number of nitrogens with two attached hydrogens (primary N) is 2. The Morgan fingerprint density at radius 1 is 1.33 bits per heavy atom. The first-order valence-corrected chi connectivity index (χ1v) is 11.7. The molecule has 6 N–H and O–H groups in total. The van der Waals surface area contributed by atoms with E-state index in [-0.39, 0.29) is 11.4 Å². The number of pyridine rings is 2. The molecule has 0 atom stereocenters. The molecule has 3 aromatic rings. The smallest absolute Gasteiger partial charge is 0.259 e. The molecule has 0 bridgehead atoms. The van der Waals surface area contributed by atoms with Crippen molar-refractivity contribution in [3.8, 4) is 5.75 Å². The molecule has 0 saturated carbocycles.